The van der Waals surface area contributed by atoms with Gasteiger partial charge in [0.2, 0.25) is 0 Å². The molecule has 0 fully saturated rings. The molecule has 0 aliphatic rings. The molecule has 0 bridgehead atoms. The summed E-state index contributed by atoms with van der Waals surface area (Å²) < 4.78 is 32.9. The normalized spacial score (nSPS) is 10.8. The monoisotopic (exact) mass is 457 g/mol. The summed E-state index contributed by atoms with van der Waals surface area (Å²) in [5.41, 5.74) is 3.16. The third-order valence-corrected chi connectivity index (χ3v) is 6.13. The highest BCUT2D eigenvalue weighted by Crippen LogP contribution is 2.25. The molecule has 33 heavy (non-hydrogen) atoms. The Kier molecular flexibility index (Phi) is 6.20. The van der Waals surface area contributed by atoms with Gasteiger partial charge in [-0.2, -0.15) is 5.26 Å². The first kappa shape index (κ1) is 21.8. The molecule has 0 saturated carbocycles. The summed E-state index contributed by atoms with van der Waals surface area (Å²) in [6.07, 6.45) is 1.47. The van der Waals surface area contributed by atoms with E-state index in [0.717, 1.165) is 22.7 Å². The smallest absolute Gasteiger partial charge is 0.261 e. The lowest BCUT2D eigenvalue weighted by molar-refractivity contribution is 0.415. The fourth-order valence-corrected chi connectivity index (χ4v) is 4.12. The van der Waals surface area contributed by atoms with Crippen LogP contribution < -0.4 is 14.8 Å². The van der Waals surface area contributed by atoms with E-state index in [-0.39, 0.29) is 4.90 Å². The van der Waals surface area contributed by atoms with E-state index in [2.05, 4.69) is 20.0 Å². The molecule has 0 unspecified atom stereocenters. The minimum atomic E-state index is -3.76. The van der Waals surface area contributed by atoms with Crippen LogP contribution in [0.15, 0.2) is 90.1 Å². The number of anilines is 3. The molecule has 0 aliphatic heterocycles. The van der Waals surface area contributed by atoms with Gasteiger partial charge in [-0.3, -0.25) is 4.72 Å². The van der Waals surface area contributed by atoms with Crippen molar-refractivity contribution in [3.05, 3.63) is 90.8 Å². The molecule has 9 heteroatoms. The maximum atomic E-state index is 12.6. The Morgan fingerprint density at radius 2 is 1.64 bits per heavy atom. The van der Waals surface area contributed by atoms with Gasteiger partial charge in [0.25, 0.3) is 10.0 Å². The van der Waals surface area contributed by atoms with Crippen LogP contribution in [0.25, 0.3) is 11.3 Å². The number of hydrogen-bond donors (Lipinski definition) is 2. The number of methoxy groups -OCH3 is 1. The van der Waals surface area contributed by atoms with E-state index in [4.69, 9.17) is 10.00 Å². The van der Waals surface area contributed by atoms with Crippen molar-refractivity contribution < 1.29 is 13.2 Å². The Morgan fingerprint density at radius 3 is 2.33 bits per heavy atom. The van der Waals surface area contributed by atoms with E-state index in [0.29, 0.717) is 17.1 Å². The summed E-state index contributed by atoms with van der Waals surface area (Å²) in [6.45, 7) is 0. The van der Waals surface area contributed by atoms with Crippen molar-refractivity contribution in [1.29, 1.82) is 5.26 Å². The van der Waals surface area contributed by atoms with Crippen LogP contribution in [0.5, 0.6) is 5.75 Å². The minimum Gasteiger partial charge on any atom is -0.497 e. The third-order valence-electron chi connectivity index (χ3n) is 4.74. The van der Waals surface area contributed by atoms with E-state index in [1.54, 1.807) is 31.4 Å². The predicted octanol–water partition coefficient (Wildman–Crippen LogP) is 4.57. The zero-order valence-corrected chi connectivity index (χ0v) is 18.4. The Bertz CT molecular complexity index is 1410. The summed E-state index contributed by atoms with van der Waals surface area (Å²) in [5, 5.41) is 12.0. The number of benzene rings is 3. The Hall–Kier alpha value is -4.42. The van der Waals surface area contributed by atoms with Crippen molar-refractivity contribution in [3.63, 3.8) is 0 Å². The van der Waals surface area contributed by atoms with Gasteiger partial charge in [-0.15, -0.1) is 0 Å². The average Bonchev–Trinajstić information content (AvgIpc) is 2.85. The van der Waals surface area contributed by atoms with Gasteiger partial charge in [0.15, 0.2) is 0 Å². The van der Waals surface area contributed by atoms with Crippen LogP contribution in [0.4, 0.5) is 17.2 Å². The highest BCUT2D eigenvalue weighted by atomic mass is 32.2. The number of aromatic nitrogens is 2. The largest absolute Gasteiger partial charge is 0.497 e. The van der Waals surface area contributed by atoms with Crippen LogP contribution in [-0.2, 0) is 10.0 Å². The van der Waals surface area contributed by atoms with Gasteiger partial charge >= 0.3 is 0 Å². The molecule has 0 saturated heterocycles. The first-order valence-corrected chi connectivity index (χ1v) is 11.3. The standard InChI is InChI=1S/C24H19N5O3S/c1-32-21-4-2-3-18(13-21)23-14-24(27-16-26-23)28-19-7-9-20(10-8-19)29-33(30,31)22-11-5-17(15-25)6-12-22/h2-14,16,29H,1H3,(H,26,27,28). The Morgan fingerprint density at radius 1 is 0.909 bits per heavy atom. The number of hydrogen-bond acceptors (Lipinski definition) is 7. The number of nitriles is 1. The molecular weight excluding hydrogens is 438 g/mol. The van der Waals surface area contributed by atoms with Crippen molar-refractivity contribution >= 4 is 27.2 Å². The molecular formula is C24H19N5O3S. The minimum absolute atomic E-state index is 0.0785. The fourth-order valence-electron chi connectivity index (χ4n) is 3.06. The van der Waals surface area contributed by atoms with Gasteiger partial charge < -0.3 is 10.1 Å². The molecule has 2 N–H and O–H groups in total. The first-order chi connectivity index (χ1) is 16.0. The van der Waals surface area contributed by atoms with E-state index in [9.17, 15) is 8.42 Å². The second-order valence-electron chi connectivity index (χ2n) is 6.96. The molecule has 0 atom stereocenters. The summed E-state index contributed by atoms with van der Waals surface area (Å²) >= 11 is 0. The van der Waals surface area contributed by atoms with Crippen LogP contribution in [0.3, 0.4) is 0 Å². The van der Waals surface area contributed by atoms with Gasteiger partial charge in [-0.1, -0.05) is 12.1 Å². The summed E-state index contributed by atoms with van der Waals surface area (Å²) in [5.74, 6) is 1.33. The van der Waals surface area contributed by atoms with Gasteiger partial charge in [0.1, 0.15) is 17.9 Å². The van der Waals surface area contributed by atoms with Crippen molar-refractivity contribution in [1.82, 2.24) is 9.97 Å². The topological polar surface area (TPSA) is 117 Å². The number of nitrogens with one attached hydrogen (secondary N) is 2. The Labute approximate surface area is 191 Å². The fraction of sp³-hybridized carbons (Fsp3) is 0.0417. The van der Waals surface area contributed by atoms with Gasteiger partial charge in [-0.25, -0.2) is 18.4 Å². The van der Waals surface area contributed by atoms with Crippen LogP contribution in [0.2, 0.25) is 0 Å². The second-order valence-corrected chi connectivity index (χ2v) is 8.65. The predicted molar refractivity (Wildman–Crippen MR) is 126 cm³/mol. The highest BCUT2D eigenvalue weighted by Gasteiger charge is 2.14. The lowest BCUT2D eigenvalue weighted by atomic mass is 10.1. The zero-order valence-electron chi connectivity index (χ0n) is 17.6. The Balaban J connectivity index is 1.47. The molecule has 0 radical (unpaired) electrons. The van der Waals surface area contributed by atoms with E-state index < -0.39 is 10.0 Å². The molecule has 0 aliphatic carbocycles. The van der Waals surface area contributed by atoms with Crippen molar-refractivity contribution in [3.8, 4) is 23.1 Å². The maximum absolute atomic E-state index is 12.6. The van der Waals surface area contributed by atoms with Gasteiger partial charge in [0, 0.05) is 23.0 Å². The average molecular weight is 458 g/mol. The van der Waals surface area contributed by atoms with E-state index in [1.165, 1.54) is 30.6 Å². The third kappa shape index (κ3) is 5.26. The quantitative estimate of drug-likeness (QED) is 0.417. The lowest BCUT2D eigenvalue weighted by Crippen LogP contribution is -2.12. The molecule has 0 amide bonds. The lowest BCUT2D eigenvalue weighted by Gasteiger charge is -2.10. The van der Waals surface area contributed by atoms with Crippen molar-refractivity contribution in [2.24, 2.45) is 0 Å². The first-order valence-electron chi connectivity index (χ1n) is 9.83. The number of nitrogens with zero attached hydrogens (tertiary/aromatic N) is 3. The SMILES string of the molecule is COc1cccc(-c2cc(Nc3ccc(NS(=O)(=O)c4ccc(C#N)cc4)cc3)ncn2)c1. The van der Waals surface area contributed by atoms with E-state index in [1.807, 2.05) is 36.4 Å². The summed E-state index contributed by atoms with van der Waals surface area (Å²) in [7, 11) is -2.15. The molecule has 8 nitrogen and oxygen atoms in total. The van der Waals surface area contributed by atoms with Crippen LogP contribution >= 0.6 is 0 Å². The molecule has 1 heterocycles. The maximum Gasteiger partial charge on any atom is 0.261 e. The van der Waals surface area contributed by atoms with Gasteiger partial charge in [0.05, 0.1) is 29.3 Å². The van der Waals surface area contributed by atoms with Crippen LogP contribution in [0, 0.1) is 11.3 Å². The molecule has 0 spiro atoms. The van der Waals surface area contributed by atoms with E-state index >= 15 is 0 Å². The van der Waals surface area contributed by atoms with Crippen LogP contribution in [-0.4, -0.2) is 25.5 Å². The summed E-state index contributed by atoms with van der Waals surface area (Å²) in [4.78, 5) is 8.65. The van der Waals surface area contributed by atoms with Crippen molar-refractivity contribution in [2.45, 2.75) is 4.90 Å². The molecule has 164 valence electrons. The van der Waals surface area contributed by atoms with Gasteiger partial charge in [-0.05, 0) is 60.7 Å². The highest BCUT2D eigenvalue weighted by molar-refractivity contribution is 7.92. The van der Waals surface area contributed by atoms with Crippen molar-refractivity contribution in [2.75, 3.05) is 17.1 Å². The van der Waals surface area contributed by atoms with Crippen LogP contribution in [0.1, 0.15) is 5.56 Å². The number of rotatable bonds is 7. The molecule has 1 aromatic heterocycles. The zero-order chi connectivity index (χ0) is 23.3. The number of sulfonamides is 1. The number of ether oxygens (including phenoxy) is 1. The molecule has 4 rings (SSSR count). The second kappa shape index (κ2) is 9.38. The summed E-state index contributed by atoms with van der Waals surface area (Å²) in [6, 6.07) is 23.8. The molecule has 3 aromatic carbocycles. The molecule has 4 aromatic rings.